The Morgan fingerprint density at radius 3 is 2.16 bits per heavy atom. The van der Waals surface area contributed by atoms with Crippen molar-refractivity contribution in [3.05, 3.63) is 60.2 Å². The van der Waals surface area contributed by atoms with Crippen LogP contribution in [0.1, 0.15) is 19.4 Å². The zero-order chi connectivity index (χ0) is 13.5. The first-order chi connectivity index (χ1) is 9.24. The van der Waals surface area contributed by atoms with E-state index >= 15 is 0 Å². The van der Waals surface area contributed by atoms with Crippen molar-refractivity contribution in [1.82, 2.24) is 0 Å². The smallest absolute Gasteiger partial charge is 0.119 e. The van der Waals surface area contributed by atoms with Gasteiger partial charge in [-0.05, 0) is 43.7 Å². The van der Waals surface area contributed by atoms with Crippen molar-refractivity contribution in [3.8, 4) is 11.5 Å². The normalized spacial score (nSPS) is 10.5. The fourth-order valence-electron chi connectivity index (χ4n) is 1.81. The first kappa shape index (κ1) is 13.5. The molecule has 0 radical (unpaired) electrons. The van der Waals surface area contributed by atoms with E-state index < -0.39 is 0 Å². The van der Waals surface area contributed by atoms with Crippen LogP contribution in [0.2, 0.25) is 0 Å². The molecule has 2 nitrogen and oxygen atoms in total. The second kappa shape index (κ2) is 6.83. The third-order valence-electron chi connectivity index (χ3n) is 2.70. The van der Waals surface area contributed by atoms with Gasteiger partial charge in [-0.1, -0.05) is 30.3 Å². The van der Waals surface area contributed by atoms with Gasteiger partial charge < -0.3 is 9.47 Å². The molecular formula is C17H20O2. The number of hydrogen-bond donors (Lipinski definition) is 0. The van der Waals surface area contributed by atoms with Gasteiger partial charge >= 0.3 is 0 Å². The predicted octanol–water partition coefficient (Wildman–Crippen LogP) is 4.10. The average molecular weight is 256 g/mol. The van der Waals surface area contributed by atoms with Gasteiger partial charge in [0.2, 0.25) is 0 Å². The Labute approximate surface area is 115 Å². The maximum Gasteiger partial charge on any atom is 0.119 e. The van der Waals surface area contributed by atoms with E-state index in [-0.39, 0.29) is 6.10 Å². The van der Waals surface area contributed by atoms with Crippen LogP contribution in [0.15, 0.2) is 54.6 Å². The zero-order valence-electron chi connectivity index (χ0n) is 11.5. The van der Waals surface area contributed by atoms with Crippen molar-refractivity contribution in [2.75, 3.05) is 6.61 Å². The molecule has 19 heavy (non-hydrogen) atoms. The molecule has 2 rings (SSSR count). The third kappa shape index (κ3) is 4.66. The van der Waals surface area contributed by atoms with Gasteiger partial charge in [-0.3, -0.25) is 0 Å². The molecular weight excluding hydrogens is 236 g/mol. The molecule has 0 atom stereocenters. The first-order valence-electron chi connectivity index (χ1n) is 6.67. The van der Waals surface area contributed by atoms with Crippen molar-refractivity contribution in [3.63, 3.8) is 0 Å². The Morgan fingerprint density at radius 1 is 0.842 bits per heavy atom. The monoisotopic (exact) mass is 256 g/mol. The maximum absolute atomic E-state index is 5.67. The van der Waals surface area contributed by atoms with E-state index in [1.165, 1.54) is 5.56 Å². The van der Waals surface area contributed by atoms with Crippen LogP contribution in [-0.4, -0.2) is 12.7 Å². The summed E-state index contributed by atoms with van der Waals surface area (Å²) in [6.45, 7) is 4.75. The number of benzene rings is 2. The molecule has 0 N–H and O–H groups in total. The third-order valence-corrected chi connectivity index (χ3v) is 2.70. The lowest BCUT2D eigenvalue weighted by molar-refractivity contribution is 0.242. The largest absolute Gasteiger partial charge is 0.493 e. The summed E-state index contributed by atoms with van der Waals surface area (Å²) < 4.78 is 11.3. The molecule has 0 bridgehead atoms. The Morgan fingerprint density at radius 2 is 1.53 bits per heavy atom. The van der Waals surface area contributed by atoms with Crippen LogP contribution in [0.3, 0.4) is 0 Å². The first-order valence-corrected chi connectivity index (χ1v) is 6.67. The van der Waals surface area contributed by atoms with Crippen molar-refractivity contribution in [2.45, 2.75) is 26.4 Å². The van der Waals surface area contributed by atoms with E-state index in [0.29, 0.717) is 6.61 Å². The van der Waals surface area contributed by atoms with Crippen molar-refractivity contribution < 1.29 is 9.47 Å². The summed E-state index contributed by atoms with van der Waals surface area (Å²) in [6, 6.07) is 18.1. The van der Waals surface area contributed by atoms with Gasteiger partial charge in [-0.2, -0.15) is 0 Å². The Balaban J connectivity index is 1.80. The minimum Gasteiger partial charge on any atom is -0.493 e. The summed E-state index contributed by atoms with van der Waals surface area (Å²) in [4.78, 5) is 0. The molecule has 0 aromatic heterocycles. The standard InChI is InChI=1S/C17H20O2/c1-14(2)19-17-10-8-15(9-11-17)12-13-18-16-6-4-3-5-7-16/h3-11,14H,12-13H2,1-2H3. The van der Waals surface area contributed by atoms with Crippen LogP contribution in [-0.2, 0) is 6.42 Å². The number of rotatable bonds is 6. The fraction of sp³-hybridized carbons (Fsp3) is 0.294. The van der Waals surface area contributed by atoms with E-state index in [2.05, 4.69) is 12.1 Å². The molecule has 100 valence electrons. The number of ether oxygens (including phenoxy) is 2. The van der Waals surface area contributed by atoms with Gasteiger partial charge in [-0.15, -0.1) is 0 Å². The molecule has 0 unspecified atom stereocenters. The number of para-hydroxylation sites is 1. The summed E-state index contributed by atoms with van der Waals surface area (Å²) in [5.74, 6) is 1.84. The van der Waals surface area contributed by atoms with Crippen molar-refractivity contribution >= 4 is 0 Å². The van der Waals surface area contributed by atoms with Crippen LogP contribution in [0.4, 0.5) is 0 Å². The molecule has 0 aliphatic heterocycles. The van der Waals surface area contributed by atoms with Crippen LogP contribution >= 0.6 is 0 Å². The van der Waals surface area contributed by atoms with Crippen LogP contribution < -0.4 is 9.47 Å². The van der Waals surface area contributed by atoms with Crippen molar-refractivity contribution in [1.29, 1.82) is 0 Å². The van der Waals surface area contributed by atoms with Crippen molar-refractivity contribution in [2.24, 2.45) is 0 Å². The Bertz CT molecular complexity index is 474. The highest BCUT2D eigenvalue weighted by Gasteiger charge is 1.99. The quantitative estimate of drug-likeness (QED) is 0.775. The summed E-state index contributed by atoms with van der Waals surface area (Å²) in [6.07, 6.45) is 1.11. The Kier molecular flexibility index (Phi) is 4.85. The fourth-order valence-corrected chi connectivity index (χ4v) is 1.81. The van der Waals surface area contributed by atoms with Gasteiger partial charge in [0, 0.05) is 6.42 Å². The second-order valence-electron chi connectivity index (χ2n) is 4.72. The van der Waals surface area contributed by atoms with Crippen LogP contribution in [0.5, 0.6) is 11.5 Å². The van der Waals surface area contributed by atoms with E-state index in [0.717, 1.165) is 17.9 Å². The summed E-state index contributed by atoms with van der Waals surface area (Å²) in [5, 5.41) is 0. The molecule has 0 amide bonds. The molecule has 2 aromatic carbocycles. The van der Waals surface area contributed by atoms with Crippen LogP contribution in [0.25, 0.3) is 0 Å². The molecule has 0 heterocycles. The van der Waals surface area contributed by atoms with Gasteiger partial charge in [0.25, 0.3) is 0 Å². The highest BCUT2D eigenvalue weighted by Crippen LogP contribution is 2.15. The zero-order valence-corrected chi connectivity index (χ0v) is 11.5. The lowest BCUT2D eigenvalue weighted by Gasteiger charge is -2.10. The summed E-state index contributed by atoms with van der Waals surface area (Å²) in [5.41, 5.74) is 1.26. The molecule has 0 aliphatic rings. The summed E-state index contributed by atoms with van der Waals surface area (Å²) in [7, 11) is 0. The molecule has 0 saturated carbocycles. The molecule has 0 saturated heterocycles. The lowest BCUT2D eigenvalue weighted by Crippen LogP contribution is -2.05. The molecule has 0 fully saturated rings. The highest BCUT2D eigenvalue weighted by atomic mass is 16.5. The van der Waals surface area contributed by atoms with E-state index in [1.54, 1.807) is 0 Å². The Hall–Kier alpha value is -1.96. The highest BCUT2D eigenvalue weighted by molar-refractivity contribution is 5.27. The average Bonchev–Trinajstić information content (AvgIpc) is 2.41. The van der Waals surface area contributed by atoms with E-state index in [1.807, 2.05) is 56.3 Å². The van der Waals surface area contributed by atoms with E-state index in [4.69, 9.17) is 9.47 Å². The van der Waals surface area contributed by atoms with Crippen LogP contribution in [0, 0.1) is 0 Å². The molecule has 0 aliphatic carbocycles. The van der Waals surface area contributed by atoms with Gasteiger partial charge in [0.1, 0.15) is 11.5 Å². The summed E-state index contributed by atoms with van der Waals surface area (Å²) >= 11 is 0. The van der Waals surface area contributed by atoms with Gasteiger partial charge in [0.05, 0.1) is 12.7 Å². The lowest BCUT2D eigenvalue weighted by atomic mass is 10.1. The molecule has 0 spiro atoms. The predicted molar refractivity (Wildman–Crippen MR) is 77.8 cm³/mol. The minimum absolute atomic E-state index is 0.215. The van der Waals surface area contributed by atoms with Gasteiger partial charge in [-0.25, -0.2) is 0 Å². The number of hydrogen-bond acceptors (Lipinski definition) is 2. The van der Waals surface area contributed by atoms with Gasteiger partial charge in [0.15, 0.2) is 0 Å². The molecule has 2 heteroatoms. The molecule has 2 aromatic rings. The second-order valence-corrected chi connectivity index (χ2v) is 4.72. The minimum atomic E-state index is 0.215. The maximum atomic E-state index is 5.67. The topological polar surface area (TPSA) is 18.5 Å². The van der Waals surface area contributed by atoms with E-state index in [9.17, 15) is 0 Å². The SMILES string of the molecule is CC(C)Oc1ccc(CCOc2ccccc2)cc1.